The third kappa shape index (κ3) is 4.60. The SMILES string of the molecule is Cc1ccc(C(C)S(C)(=O)=N/C(N)=N/OCC2CC2(F)F)cn1. The summed E-state index contributed by atoms with van der Waals surface area (Å²) >= 11 is 0. The molecule has 1 aromatic rings. The van der Waals surface area contributed by atoms with Crippen molar-refractivity contribution in [2.75, 3.05) is 12.9 Å². The van der Waals surface area contributed by atoms with E-state index in [-0.39, 0.29) is 19.0 Å². The summed E-state index contributed by atoms with van der Waals surface area (Å²) in [5, 5.41) is 3.03. The van der Waals surface area contributed by atoms with Crippen LogP contribution in [0.25, 0.3) is 0 Å². The number of pyridine rings is 1. The summed E-state index contributed by atoms with van der Waals surface area (Å²) in [5.41, 5.74) is 7.17. The Morgan fingerprint density at radius 3 is 2.78 bits per heavy atom. The molecule has 3 atom stereocenters. The average Bonchev–Trinajstić information content (AvgIpc) is 3.05. The molecule has 0 saturated heterocycles. The quantitative estimate of drug-likeness (QED) is 0.504. The molecule has 2 rings (SSSR count). The fourth-order valence-electron chi connectivity index (χ4n) is 1.90. The van der Waals surface area contributed by atoms with Gasteiger partial charge in [-0.15, -0.1) is 0 Å². The highest BCUT2D eigenvalue weighted by Gasteiger charge is 2.57. The molecule has 6 nitrogen and oxygen atoms in total. The maximum atomic E-state index is 12.7. The van der Waals surface area contributed by atoms with Gasteiger partial charge in [-0.05, 0) is 30.6 Å². The lowest BCUT2D eigenvalue weighted by Gasteiger charge is -2.13. The number of aryl methyl sites for hydroxylation is 1. The number of nitrogens with two attached hydrogens (primary N) is 1. The van der Waals surface area contributed by atoms with Crippen molar-refractivity contribution in [3.05, 3.63) is 29.6 Å². The zero-order valence-electron chi connectivity index (χ0n) is 13.2. The van der Waals surface area contributed by atoms with Crippen molar-refractivity contribution in [2.24, 2.45) is 21.2 Å². The molecule has 2 N–H and O–H groups in total. The molecule has 0 aromatic carbocycles. The van der Waals surface area contributed by atoms with E-state index in [0.717, 1.165) is 11.3 Å². The van der Waals surface area contributed by atoms with Crippen molar-refractivity contribution in [1.29, 1.82) is 0 Å². The number of oxime groups is 1. The van der Waals surface area contributed by atoms with Gasteiger partial charge in [-0.25, -0.2) is 13.0 Å². The predicted molar refractivity (Wildman–Crippen MR) is 84.5 cm³/mol. The minimum absolute atomic E-state index is 0.207. The Balaban J connectivity index is 2.03. The van der Waals surface area contributed by atoms with Gasteiger partial charge in [-0.1, -0.05) is 6.07 Å². The van der Waals surface area contributed by atoms with Crippen LogP contribution in [-0.2, 0) is 14.6 Å². The van der Waals surface area contributed by atoms with E-state index in [2.05, 4.69) is 14.5 Å². The first-order valence-corrected chi connectivity index (χ1v) is 9.07. The summed E-state index contributed by atoms with van der Waals surface area (Å²) in [7, 11) is -2.73. The Hall–Kier alpha value is -1.77. The molecule has 1 aromatic heterocycles. The number of alkyl halides is 2. The maximum absolute atomic E-state index is 12.7. The minimum Gasteiger partial charge on any atom is -0.392 e. The van der Waals surface area contributed by atoms with Gasteiger partial charge in [-0.3, -0.25) is 4.98 Å². The number of hydrogen-bond acceptors (Lipinski definition) is 4. The highest BCUT2D eigenvalue weighted by atomic mass is 32.2. The van der Waals surface area contributed by atoms with Crippen molar-refractivity contribution >= 4 is 15.7 Å². The van der Waals surface area contributed by atoms with Crippen LogP contribution < -0.4 is 5.73 Å². The Labute approximate surface area is 134 Å². The highest BCUT2D eigenvalue weighted by molar-refractivity contribution is 7.93. The zero-order chi connectivity index (χ0) is 17.3. The summed E-state index contributed by atoms with van der Waals surface area (Å²) < 4.78 is 41.9. The molecule has 1 saturated carbocycles. The first-order valence-electron chi connectivity index (χ1n) is 7.08. The molecule has 0 radical (unpaired) electrons. The second-order valence-electron chi connectivity index (χ2n) is 5.73. The van der Waals surface area contributed by atoms with E-state index in [1.165, 1.54) is 6.26 Å². The van der Waals surface area contributed by atoms with Crippen LogP contribution in [0.4, 0.5) is 8.78 Å². The van der Waals surface area contributed by atoms with Crippen molar-refractivity contribution < 1.29 is 17.8 Å². The van der Waals surface area contributed by atoms with Crippen molar-refractivity contribution in [3.63, 3.8) is 0 Å². The molecule has 3 unspecified atom stereocenters. The Bertz CT molecular complexity index is 712. The number of aromatic nitrogens is 1. The van der Waals surface area contributed by atoms with Crippen LogP contribution in [0.15, 0.2) is 27.8 Å². The van der Waals surface area contributed by atoms with Gasteiger partial charge in [0.25, 0.3) is 11.9 Å². The molecule has 1 aliphatic carbocycles. The molecule has 0 aliphatic heterocycles. The van der Waals surface area contributed by atoms with Crippen molar-refractivity contribution in [2.45, 2.75) is 31.4 Å². The standard InChI is InChI=1S/C14H20F2N4O2S/c1-9-4-5-11(7-18-9)10(2)23(3,21)20-13(17)19-22-8-12-6-14(12,15)16/h4-5,7,10,12H,6,8H2,1-3H3,(H2,17,19). The fraction of sp³-hybridized carbons (Fsp3) is 0.571. The normalized spacial score (nSPS) is 23.7. The van der Waals surface area contributed by atoms with Crippen LogP contribution in [-0.4, -0.2) is 33.9 Å². The summed E-state index contributed by atoms with van der Waals surface area (Å²) in [6.45, 7) is 3.37. The number of guanidine groups is 1. The second-order valence-corrected chi connectivity index (χ2v) is 8.35. The molecule has 0 spiro atoms. The van der Waals surface area contributed by atoms with Gasteiger partial charge < -0.3 is 10.6 Å². The maximum Gasteiger partial charge on any atom is 0.265 e. The Kier molecular flexibility index (Phi) is 4.88. The molecule has 0 bridgehead atoms. The van der Waals surface area contributed by atoms with Crippen LogP contribution >= 0.6 is 0 Å². The van der Waals surface area contributed by atoms with Gasteiger partial charge in [0.05, 0.1) is 20.9 Å². The fourth-order valence-corrected chi connectivity index (χ4v) is 3.10. The Morgan fingerprint density at radius 2 is 2.26 bits per heavy atom. The van der Waals surface area contributed by atoms with E-state index in [1.54, 1.807) is 13.1 Å². The van der Waals surface area contributed by atoms with Gasteiger partial charge in [0.2, 0.25) is 0 Å². The molecule has 1 fully saturated rings. The molecule has 9 heteroatoms. The lowest BCUT2D eigenvalue weighted by Crippen LogP contribution is -2.16. The van der Waals surface area contributed by atoms with Gasteiger partial charge in [-0.2, -0.15) is 4.36 Å². The Morgan fingerprint density at radius 1 is 1.61 bits per heavy atom. The van der Waals surface area contributed by atoms with E-state index >= 15 is 0 Å². The highest BCUT2D eigenvalue weighted by Crippen LogP contribution is 2.48. The summed E-state index contributed by atoms with van der Waals surface area (Å²) in [6, 6.07) is 3.64. The van der Waals surface area contributed by atoms with Crippen LogP contribution in [0.1, 0.15) is 29.9 Å². The molecular weight excluding hydrogens is 326 g/mol. The van der Waals surface area contributed by atoms with Crippen LogP contribution in [0, 0.1) is 12.8 Å². The van der Waals surface area contributed by atoms with Gasteiger partial charge in [0.15, 0.2) is 0 Å². The smallest absolute Gasteiger partial charge is 0.265 e. The first kappa shape index (κ1) is 17.6. The third-order valence-electron chi connectivity index (χ3n) is 3.72. The third-order valence-corrected chi connectivity index (χ3v) is 5.86. The van der Waals surface area contributed by atoms with Gasteiger partial charge >= 0.3 is 0 Å². The number of nitrogens with zero attached hydrogens (tertiary/aromatic N) is 3. The van der Waals surface area contributed by atoms with Gasteiger partial charge in [0, 0.05) is 24.6 Å². The summed E-state index contributed by atoms with van der Waals surface area (Å²) in [4.78, 5) is 8.91. The molecular formula is C14H20F2N4O2S. The number of halogens is 2. The lowest BCUT2D eigenvalue weighted by atomic mass is 10.2. The van der Waals surface area contributed by atoms with E-state index in [9.17, 15) is 13.0 Å². The van der Waals surface area contributed by atoms with Crippen molar-refractivity contribution in [1.82, 2.24) is 4.98 Å². The van der Waals surface area contributed by atoms with Crippen LogP contribution in [0.2, 0.25) is 0 Å². The van der Waals surface area contributed by atoms with Gasteiger partial charge in [0.1, 0.15) is 6.61 Å². The molecule has 1 heterocycles. The second kappa shape index (κ2) is 6.38. The number of rotatable bonds is 5. The lowest BCUT2D eigenvalue weighted by molar-refractivity contribution is 0.0569. The molecule has 23 heavy (non-hydrogen) atoms. The minimum atomic E-state index is -2.73. The van der Waals surface area contributed by atoms with E-state index in [4.69, 9.17) is 10.6 Å². The molecule has 128 valence electrons. The summed E-state index contributed by atoms with van der Waals surface area (Å²) in [5.74, 6) is -3.83. The van der Waals surface area contributed by atoms with E-state index in [0.29, 0.717) is 0 Å². The predicted octanol–water partition coefficient (Wildman–Crippen LogP) is 2.45. The van der Waals surface area contributed by atoms with E-state index in [1.807, 2.05) is 19.1 Å². The molecule has 0 amide bonds. The first-order chi connectivity index (χ1) is 10.6. The van der Waals surface area contributed by atoms with Crippen molar-refractivity contribution in [3.8, 4) is 0 Å². The average molecular weight is 346 g/mol. The van der Waals surface area contributed by atoms with Crippen LogP contribution in [0.5, 0.6) is 0 Å². The number of hydrogen-bond donors (Lipinski definition) is 1. The molecule has 1 aliphatic rings. The summed E-state index contributed by atoms with van der Waals surface area (Å²) in [6.07, 6.45) is 2.88. The topological polar surface area (TPSA) is 89.9 Å². The monoisotopic (exact) mass is 346 g/mol. The van der Waals surface area contributed by atoms with Crippen LogP contribution in [0.3, 0.4) is 0 Å². The van der Waals surface area contributed by atoms with E-state index < -0.39 is 26.8 Å². The largest absolute Gasteiger partial charge is 0.392 e. The zero-order valence-corrected chi connectivity index (χ0v) is 14.0.